The first-order valence-electron chi connectivity index (χ1n) is 8.24. The van der Waals surface area contributed by atoms with Gasteiger partial charge in [-0.2, -0.15) is 0 Å². The van der Waals surface area contributed by atoms with Crippen molar-refractivity contribution in [3.05, 3.63) is 0 Å². The molecule has 4 heteroatoms. The summed E-state index contributed by atoms with van der Waals surface area (Å²) in [4.78, 5) is 16.7. The third-order valence-corrected chi connectivity index (χ3v) is 5.34. The number of hydrogen-bond donors (Lipinski definition) is 1. The van der Waals surface area contributed by atoms with Crippen molar-refractivity contribution in [2.75, 3.05) is 33.7 Å². The molecular weight excluding hydrogens is 250 g/mol. The van der Waals surface area contributed by atoms with Crippen LogP contribution in [0, 0.1) is 11.8 Å². The zero-order valence-corrected chi connectivity index (χ0v) is 13.2. The van der Waals surface area contributed by atoms with Crippen LogP contribution < -0.4 is 5.73 Å². The van der Waals surface area contributed by atoms with Crippen LogP contribution >= 0.6 is 0 Å². The second-order valence-corrected chi connectivity index (χ2v) is 6.88. The fourth-order valence-electron chi connectivity index (χ4n) is 3.70. The Labute approximate surface area is 123 Å². The van der Waals surface area contributed by atoms with Gasteiger partial charge in [-0.15, -0.1) is 0 Å². The molecule has 0 aromatic heterocycles. The summed E-state index contributed by atoms with van der Waals surface area (Å²) in [6, 6.07) is 0.567. The van der Waals surface area contributed by atoms with Crippen LogP contribution in [0.15, 0.2) is 0 Å². The lowest BCUT2D eigenvalue weighted by Gasteiger charge is -2.30. The quantitative estimate of drug-likeness (QED) is 0.834. The highest BCUT2D eigenvalue weighted by atomic mass is 16.2. The summed E-state index contributed by atoms with van der Waals surface area (Å²) < 4.78 is 0. The molecule has 2 aliphatic rings. The Morgan fingerprint density at radius 2 is 1.85 bits per heavy atom. The fourth-order valence-corrected chi connectivity index (χ4v) is 3.70. The summed E-state index contributed by atoms with van der Waals surface area (Å²) in [5.41, 5.74) is 5.72. The van der Waals surface area contributed by atoms with Gasteiger partial charge in [0, 0.05) is 26.1 Å². The van der Waals surface area contributed by atoms with E-state index in [0.29, 0.717) is 23.8 Å². The van der Waals surface area contributed by atoms with Gasteiger partial charge in [-0.05, 0) is 70.5 Å². The van der Waals surface area contributed by atoms with Crippen molar-refractivity contribution in [3.8, 4) is 0 Å². The average molecular weight is 281 g/mol. The molecule has 2 fully saturated rings. The first-order chi connectivity index (χ1) is 9.60. The molecule has 1 amide bonds. The minimum atomic E-state index is 0.335. The van der Waals surface area contributed by atoms with E-state index in [1.165, 1.54) is 45.1 Å². The molecule has 0 aromatic carbocycles. The van der Waals surface area contributed by atoms with Gasteiger partial charge in [0.25, 0.3) is 0 Å². The molecule has 1 saturated heterocycles. The first-order valence-corrected chi connectivity index (χ1v) is 8.24. The van der Waals surface area contributed by atoms with Gasteiger partial charge in [-0.1, -0.05) is 0 Å². The van der Waals surface area contributed by atoms with Crippen molar-refractivity contribution >= 4 is 5.91 Å². The molecule has 116 valence electrons. The molecule has 20 heavy (non-hydrogen) atoms. The first kappa shape index (κ1) is 15.8. The van der Waals surface area contributed by atoms with E-state index in [4.69, 9.17) is 5.73 Å². The van der Waals surface area contributed by atoms with Gasteiger partial charge >= 0.3 is 0 Å². The maximum atomic E-state index is 12.3. The molecule has 1 aliphatic heterocycles. The predicted molar refractivity (Wildman–Crippen MR) is 82.4 cm³/mol. The number of likely N-dealkylation sites (tertiary alicyclic amines) is 1. The minimum Gasteiger partial charge on any atom is -0.344 e. The van der Waals surface area contributed by atoms with Crippen molar-refractivity contribution in [3.63, 3.8) is 0 Å². The summed E-state index contributed by atoms with van der Waals surface area (Å²) in [5, 5.41) is 0. The minimum absolute atomic E-state index is 0.335. The van der Waals surface area contributed by atoms with Crippen molar-refractivity contribution in [2.24, 2.45) is 17.6 Å². The summed E-state index contributed by atoms with van der Waals surface area (Å²) in [5.74, 6) is 1.63. The lowest BCUT2D eigenvalue weighted by atomic mass is 9.80. The number of nitrogens with zero attached hydrogens (tertiary/aromatic N) is 2. The fraction of sp³-hybridized carbons (Fsp3) is 0.938. The van der Waals surface area contributed by atoms with Gasteiger partial charge in [-0.3, -0.25) is 4.79 Å². The zero-order chi connectivity index (χ0) is 14.5. The maximum absolute atomic E-state index is 12.3. The summed E-state index contributed by atoms with van der Waals surface area (Å²) in [7, 11) is 4.14. The standard InChI is InChI=1S/C16H31N3O/c1-18-9-3-4-15(18)12-19(2)16(20)10-13-5-7-14(11-17)8-6-13/h13-15H,3-12,17H2,1-2H3. The van der Waals surface area contributed by atoms with Gasteiger partial charge in [0.05, 0.1) is 0 Å². The summed E-state index contributed by atoms with van der Waals surface area (Å²) in [6.07, 6.45) is 8.04. The molecule has 2 rings (SSSR count). The van der Waals surface area contributed by atoms with Crippen molar-refractivity contribution in [2.45, 2.75) is 51.0 Å². The maximum Gasteiger partial charge on any atom is 0.222 e. The number of amides is 1. The Morgan fingerprint density at radius 3 is 2.40 bits per heavy atom. The number of rotatable bonds is 5. The highest BCUT2D eigenvalue weighted by Crippen LogP contribution is 2.30. The number of carbonyl (C=O) groups excluding carboxylic acids is 1. The molecule has 0 bridgehead atoms. The monoisotopic (exact) mass is 281 g/mol. The normalized spacial score (nSPS) is 31.4. The Kier molecular flexibility index (Phi) is 5.85. The molecule has 2 N–H and O–H groups in total. The SMILES string of the molecule is CN(CC1CCCN1C)C(=O)CC1CCC(CN)CC1. The molecule has 0 aromatic rings. The number of nitrogens with two attached hydrogens (primary N) is 1. The lowest BCUT2D eigenvalue weighted by Crippen LogP contribution is -2.40. The van der Waals surface area contributed by atoms with E-state index in [0.717, 1.165) is 19.5 Å². The average Bonchev–Trinajstić information content (AvgIpc) is 2.85. The van der Waals surface area contributed by atoms with E-state index in [2.05, 4.69) is 11.9 Å². The second-order valence-electron chi connectivity index (χ2n) is 6.88. The Morgan fingerprint density at radius 1 is 1.20 bits per heavy atom. The van der Waals surface area contributed by atoms with Crippen LogP contribution in [0.25, 0.3) is 0 Å². The van der Waals surface area contributed by atoms with Crippen molar-refractivity contribution in [1.29, 1.82) is 0 Å². The van der Waals surface area contributed by atoms with Crippen molar-refractivity contribution < 1.29 is 4.79 Å². The summed E-state index contributed by atoms with van der Waals surface area (Å²) >= 11 is 0. The van der Waals surface area contributed by atoms with E-state index in [9.17, 15) is 4.79 Å². The lowest BCUT2D eigenvalue weighted by molar-refractivity contribution is -0.131. The smallest absolute Gasteiger partial charge is 0.222 e. The molecule has 4 nitrogen and oxygen atoms in total. The van der Waals surface area contributed by atoms with Gasteiger partial charge in [0.15, 0.2) is 0 Å². The molecule has 0 radical (unpaired) electrons. The van der Waals surface area contributed by atoms with Crippen LogP contribution in [0.2, 0.25) is 0 Å². The Balaban J connectivity index is 1.71. The van der Waals surface area contributed by atoms with Gasteiger partial charge in [-0.25, -0.2) is 0 Å². The third-order valence-electron chi connectivity index (χ3n) is 5.34. The van der Waals surface area contributed by atoms with Gasteiger partial charge in [0.1, 0.15) is 0 Å². The number of hydrogen-bond acceptors (Lipinski definition) is 3. The van der Waals surface area contributed by atoms with E-state index < -0.39 is 0 Å². The van der Waals surface area contributed by atoms with E-state index in [1.54, 1.807) is 0 Å². The van der Waals surface area contributed by atoms with Crippen LogP contribution in [0.5, 0.6) is 0 Å². The Bertz CT molecular complexity index is 313. The second kappa shape index (κ2) is 7.41. The largest absolute Gasteiger partial charge is 0.344 e. The predicted octanol–water partition coefficient (Wildman–Crippen LogP) is 1.69. The highest BCUT2D eigenvalue weighted by molar-refractivity contribution is 5.76. The van der Waals surface area contributed by atoms with Gasteiger partial charge < -0.3 is 15.5 Å². The zero-order valence-electron chi connectivity index (χ0n) is 13.2. The Hall–Kier alpha value is -0.610. The molecule has 1 heterocycles. The number of carbonyl (C=O) groups is 1. The molecule has 1 aliphatic carbocycles. The van der Waals surface area contributed by atoms with Crippen LogP contribution in [0.3, 0.4) is 0 Å². The van der Waals surface area contributed by atoms with Crippen molar-refractivity contribution in [1.82, 2.24) is 9.80 Å². The molecular formula is C16H31N3O. The van der Waals surface area contributed by atoms with Crippen LogP contribution in [-0.2, 0) is 4.79 Å². The van der Waals surface area contributed by atoms with Crippen LogP contribution in [-0.4, -0.2) is 55.5 Å². The van der Waals surface area contributed by atoms with E-state index in [1.807, 2.05) is 11.9 Å². The van der Waals surface area contributed by atoms with Gasteiger partial charge in [0.2, 0.25) is 5.91 Å². The molecule has 1 unspecified atom stereocenters. The molecule has 0 spiro atoms. The third kappa shape index (κ3) is 4.19. The topological polar surface area (TPSA) is 49.6 Å². The highest BCUT2D eigenvalue weighted by Gasteiger charge is 2.26. The van der Waals surface area contributed by atoms with E-state index in [-0.39, 0.29) is 0 Å². The molecule has 1 atom stereocenters. The molecule has 1 saturated carbocycles. The van der Waals surface area contributed by atoms with Crippen LogP contribution in [0.4, 0.5) is 0 Å². The van der Waals surface area contributed by atoms with Crippen LogP contribution in [0.1, 0.15) is 44.9 Å². The number of likely N-dealkylation sites (N-methyl/N-ethyl adjacent to an activating group) is 2. The van der Waals surface area contributed by atoms with E-state index >= 15 is 0 Å². The summed E-state index contributed by atoms with van der Waals surface area (Å²) in [6.45, 7) is 2.89.